The van der Waals surface area contributed by atoms with Gasteiger partial charge >= 0.3 is 0 Å². The van der Waals surface area contributed by atoms with Gasteiger partial charge in [-0.25, -0.2) is 0 Å². The fourth-order valence-electron chi connectivity index (χ4n) is 2.04. The maximum atomic E-state index is 11.9. The van der Waals surface area contributed by atoms with Crippen molar-refractivity contribution in [1.29, 1.82) is 5.26 Å². The molecule has 1 aliphatic heterocycles. The maximum Gasteiger partial charge on any atom is 0.260 e. The van der Waals surface area contributed by atoms with Crippen molar-refractivity contribution in [3.8, 4) is 11.8 Å². The van der Waals surface area contributed by atoms with E-state index in [1.807, 2.05) is 11.0 Å². The zero-order valence-electron chi connectivity index (χ0n) is 10.3. The van der Waals surface area contributed by atoms with Crippen LogP contribution in [0.5, 0.6) is 5.75 Å². The maximum absolute atomic E-state index is 11.9. The standard InChI is InChI=1S/C14H16N2O2/c15-10-12-5-4-6-13(9-12)18-11-14(17)16-7-2-1-3-8-16/h4-6,9H,1-3,7-8,11H2. The van der Waals surface area contributed by atoms with E-state index in [4.69, 9.17) is 10.00 Å². The molecule has 0 unspecified atom stereocenters. The first-order chi connectivity index (χ1) is 8.79. The largest absolute Gasteiger partial charge is 0.484 e. The Labute approximate surface area is 107 Å². The van der Waals surface area contributed by atoms with Crippen LogP contribution in [0, 0.1) is 11.3 Å². The quantitative estimate of drug-likeness (QED) is 0.816. The number of amides is 1. The molecule has 1 fully saturated rings. The summed E-state index contributed by atoms with van der Waals surface area (Å²) in [4.78, 5) is 13.7. The minimum atomic E-state index is 0.0251. The Balaban J connectivity index is 1.86. The molecule has 0 aliphatic carbocycles. The number of piperidine rings is 1. The van der Waals surface area contributed by atoms with Crippen molar-refractivity contribution >= 4 is 5.91 Å². The van der Waals surface area contributed by atoms with E-state index < -0.39 is 0 Å². The lowest BCUT2D eigenvalue weighted by Crippen LogP contribution is -2.38. The van der Waals surface area contributed by atoms with Crippen molar-refractivity contribution in [2.75, 3.05) is 19.7 Å². The smallest absolute Gasteiger partial charge is 0.260 e. The molecule has 0 bridgehead atoms. The van der Waals surface area contributed by atoms with Crippen LogP contribution in [0.1, 0.15) is 24.8 Å². The molecule has 4 nitrogen and oxygen atoms in total. The lowest BCUT2D eigenvalue weighted by Gasteiger charge is -2.26. The Morgan fingerprint density at radius 1 is 1.33 bits per heavy atom. The average Bonchev–Trinajstić information content (AvgIpc) is 2.46. The summed E-state index contributed by atoms with van der Waals surface area (Å²) in [5.41, 5.74) is 0.540. The van der Waals surface area contributed by atoms with Gasteiger partial charge in [0, 0.05) is 13.1 Å². The number of hydrogen-bond acceptors (Lipinski definition) is 3. The van der Waals surface area contributed by atoms with Gasteiger partial charge in [-0.05, 0) is 37.5 Å². The van der Waals surface area contributed by atoms with Gasteiger partial charge in [-0.2, -0.15) is 5.26 Å². The number of carbonyl (C=O) groups excluding carboxylic acids is 1. The molecule has 1 aliphatic rings. The molecule has 1 saturated heterocycles. The average molecular weight is 244 g/mol. The Hall–Kier alpha value is -2.02. The molecular weight excluding hydrogens is 228 g/mol. The number of ether oxygens (including phenoxy) is 1. The summed E-state index contributed by atoms with van der Waals surface area (Å²) < 4.78 is 5.42. The SMILES string of the molecule is N#Cc1cccc(OCC(=O)N2CCCCC2)c1. The molecule has 2 rings (SSSR count). The van der Waals surface area contributed by atoms with E-state index in [1.165, 1.54) is 6.42 Å². The summed E-state index contributed by atoms with van der Waals surface area (Å²) in [6, 6.07) is 8.90. The van der Waals surface area contributed by atoms with E-state index in [2.05, 4.69) is 0 Å². The number of carbonyl (C=O) groups is 1. The number of likely N-dealkylation sites (tertiary alicyclic amines) is 1. The number of nitriles is 1. The first-order valence-electron chi connectivity index (χ1n) is 6.20. The third kappa shape index (κ3) is 3.24. The summed E-state index contributed by atoms with van der Waals surface area (Å²) in [6.07, 6.45) is 3.36. The molecule has 0 radical (unpaired) electrons. The van der Waals surface area contributed by atoms with Crippen LogP contribution in [-0.4, -0.2) is 30.5 Å². The van der Waals surface area contributed by atoms with Crippen molar-refractivity contribution in [3.05, 3.63) is 29.8 Å². The lowest BCUT2D eigenvalue weighted by atomic mass is 10.1. The van der Waals surface area contributed by atoms with Gasteiger partial charge in [0.2, 0.25) is 0 Å². The van der Waals surface area contributed by atoms with E-state index in [0.717, 1.165) is 25.9 Å². The summed E-state index contributed by atoms with van der Waals surface area (Å²) in [7, 11) is 0. The molecule has 0 N–H and O–H groups in total. The molecule has 4 heteroatoms. The van der Waals surface area contributed by atoms with Crippen LogP contribution in [0.25, 0.3) is 0 Å². The second-order valence-electron chi connectivity index (χ2n) is 4.37. The van der Waals surface area contributed by atoms with Crippen molar-refractivity contribution < 1.29 is 9.53 Å². The van der Waals surface area contributed by atoms with Crippen molar-refractivity contribution in [2.24, 2.45) is 0 Å². The Morgan fingerprint density at radius 3 is 2.83 bits per heavy atom. The summed E-state index contributed by atoms with van der Waals surface area (Å²) in [6.45, 7) is 1.72. The Bertz CT molecular complexity index is 459. The molecule has 1 aromatic carbocycles. The topological polar surface area (TPSA) is 53.3 Å². The molecule has 94 valence electrons. The fourth-order valence-corrected chi connectivity index (χ4v) is 2.04. The molecule has 1 aromatic rings. The van der Waals surface area contributed by atoms with Gasteiger partial charge in [-0.15, -0.1) is 0 Å². The Morgan fingerprint density at radius 2 is 2.11 bits per heavy atom. The highest BCUT2D eigenvalue weighted by molar-refractivity contribution is 5.77. The van der Waals surface area contributed by atoms with Crippen LogP contribution in [0.4, 0.5) is 0 Å². The predicted molar refractivity (Wildman–Crippen MR) is 67.1 cm³/mol. The van der Waals surface area contributed by atoms with Crippen LogP contribution in [0.3, 0.4) is 0 Å². The van der Waals surface area contributed by atoms with Crippen LogP contribution < -0.4 is 4.74 Å². The van der Waals surface area contributed by atoms with Crippen molar-refractivity contribution in [3.63, 3.8) is 0 Å². The normalized spacial score (nSPS) is 14.9. The van der Waals surface area contributed by atoms with Gasteiger partial charge in [-0.1, -0.05) is 6.07 Å². The van der Waals surface area contributed by atoms with Gasteiger partial charge in [-0.3, -0.25) is 4.79 Å². The zero-order chi connectivity index (χ0) is 12.8. The zero-order valence-corrected chi connectivity index (χ0v) is 10.3. The molecule has 0 atom stereocenters. The fraction of sp³-hybridized carbons (Fsp3) is 0.429. The van der Waals surface area contributed by atoms with E-state index in [9.17, 15) is 4.79 Å². The van der Waals surface area contributed by atoms with E-state index >= 15 is 0 Å². The molecule has 1 heterocycles. The highest BCUT2D eigenvalue weighted by atomic mass is 16.5. The third-order valence-corrected chi connectivity index (χ3v) is 3.03. The second-order valence-corrected chi connectivity index (χ2v) is 4.37. The van der Waals surface area contributed by atoms with E-state index in [-0.39, 0.29) is 12.5 Å². The number of hydrogen-bond donors (Lipinski definition) is 0. The first kappa shape index (κ1) is 12.4. The molecule has 18 heavy (non-hydrogen) atoms. The van der Waals surface area contributed by atoms with Gasteiger partial charge in [0.25, 0.3) is 5.91 Å². The molecule has 1 amide bonds. The highest BCUT2D eigenvalue weighted by Crippen LogP contribution is 2.13. The lowest BCUT2D eigenvalue weighted by molar-refractivity contribution is -0.134. The van der Waals surface area contributed by atoms with E-state index in [1.54, 1.807) is 24.3 Å². The Kier molecular flexibility index (Phi) is 4.19. The summed E-state index contributed by atoms with van der Waals surface area (Å²) in [5, 5.41) is 8.76. The number of benzene rings is 1. The number of rotatable bonds is 3. The monoisotopic (exact) mass is 244 g/mol. The minimum Gasteiger partial charge on any atom is -0.484 e. The molecule has 0 aromatic heterocycles. The molecule has 0 saturated carbocycles. The predicted octanol–water partition coefficient (Wildman–Crippen LogP) is 1.95. The van der Waals surface area contributed by atoms with Crippen molar-refractivity contribution in [1.82, 2.24) is 4.90 Å². The van der Waals surface area contributed by atoms with Gasteiger partial charge in [0.15, 0.2) is 6.61 Å². The summed E-state index contributed by atoms with van der Waals surface area (Å²) >= 11 is 0. The highest BCUT2D eigenvalue weighted by Gasteiger charge is 2.16. The van der Waals surface area contributed by atoms with Crippen LogP contribution in [-0.2, 0) is 4.79 Å². The van der Waals surface area contributed by atoms with Crippen LogP contribution in [0.2, 0.25) is 0 Å². The van der Waals surface area contributed by atoms with Crippen LogP contribution >= 0.6 is 0 Å². The number of nitrogens with zero attached hydrogens (tertiary/aromatic N) is 2. The van der Waals surface area contributed by atoms with Gasteiger partial charge in [0.05, 0.1) is 11.6 Å². The van der Waals surface area contributed by atoms with Crippen molar-refractivity contribution in [2.45, 2.75) is 19.3 Å². The first-order valence-corrected chi connectivity index (χ1v) is 6.20. The molecular formula is C14H16N2O2. The third-order valence-electron chi connectivity index (χ3n) is 3.03. The van der Waals surface area contributed by atoms with Gasteiger partial charge in [0.1, 0.15) is 5.75 Å². The van der Waals surface area contributed by atoms with E-state index in [0.29, 0.717) is 11.3 Å². The molecule has 0 spiro atoms. The van der Waals surface area contributed by atoms with Crippen LogP contribution in [0.15, 0.2) is 24.3 Å². The second kappa shape index (κ2) is 6.06. The summed E-state index contributed by atoms with van der Waals surface area (Å²) in [5.74, 6) is 0.594. The minimum absolute atomic E-state index is 0.0251. The van der Waals surface area contributed by atoms with Gasteiger partial charge < -0.3 is 9.64 Å².